The highest BCUT2D eigenvalue weighted by atomic mass is 19.4. The molecule has 0 spiro atoms. The number of rotatable bonds is 7. The Hall–Kier alpha value is -2.68. The van der Waals surface area contributed by atoms with Crippen molar-refractivity contribution < 1.29 is 22.7 Å². The molecule has 9 heteroatoms. The lowest BCUT2D eigenvalue weighted by atomic mass is 9.82. The third-order valence-electron chi connectivity index (χ3n) is 6.77. The van der Waals surface area contributed by atoms with Crippen LogP contribution in [0.1, 0.15) is 66.2 Å². The number of nitrogens with zero attached hydrogens (tertiary/aromatic N) is 3. The Kier molecular flexibility index (Phi) is 7.40. The van der Waals surface area contributed by atoms with Gasteiger partial charge in [0.25, 0.3) is 0 Å². The maximum atomic E-state index is 13.8. The molecule has 1 aliphatic carbocycles. The average Bonchev–Trinajstić information content (AvgIpc) is 2.80. The minimum Gasteiger partial charge on any atom is -0.485 e. The molecule has 2 fully saturated rings. The van der Waals surface area contributed by atoms with Crippen molar-refractivity contribution in [3.8, 4) is 5.75 Å². The molecule has 184 valence electrons. The lowest BCUT2D eigenvalue weighted by Gasteiger charge is -2.37. The van der Waals surface area contributed by atoms with E-state index in [1.54, 1.807) is 13.1 Å². The monoisotopic (exact) mass is 476 g/mol. The molecule has 1 N–H and O–H groups in total. The number of aromatic nitrogens is 2. The van der Waals surface area contributed by atoms with Gasteiger partial charge in [0.1, 0.15) is 12.4 Å². The van der Waals surface area contributed by atoms with Crippen LogP contribution >= 0.6 is 0 Å². The number of ether oxygens (including phenoxy) is 1. The zero-order valence-corrected chi connectivity index (χ0v) is 19.6. The number of carbonyl (C=O) groups is 1. The second-order valence-corrected chi connectivity index (χ2v) is 9.28. The van der Waals surface area contributed by atoms with E-state index < -0.39 is 11.7 Å². The summed E-state index contributed by atoms with van der Waals surface area (Å²) < 4.78 is 47.1. The fourth-order valence-electron chi connectivity index (χ4n) is 4.86. The number of likely N-dealkylation sites (tertiary alicyclic amines) is 1. The maximum Gasteiger partial charge on any atom is 0.416 e. The van der Waals surface area contributed by atoms with E-state index in [4.69, 9.17) is 4.74 Å². The molecule has 2 aromatic heterocycles. The molecule has 1 amide bonds. The molecule has 2 aromatic rings. The summed E-state index contributed by atoms with van der Waals surface area (Å²) in [5.74, 6) is 0.512. The van der Waals surface area contributed by atoms with Gasteiger partial charge >= 0.3 is 6.18 Å². The minimum absolute atomic E-state index is 0.0206. The van der Waals surface area contributed by atoms with Gasteiger partial charge in [0.15, 0.2) is 0 Å². The van der Waals surface area contributed by atoms with Crippen molar-refractivity contribution in [3.63, 3.8) is 0 Å². The molecule has 0 aromatic carbocycles. The summed E-state index contributed by atoms with van der Waals surface area (Å²) in [7, 11) is 1.64. The van der Waals surface area contributed by atoms with Crippen LogP contribution in [0, 0.1) is 12.8 Å². The summed E-state index contributed by atoms with van der Waals surface area (Å²) in [4.78, 5) is 22.6. The third kappa shape index (κ3) is 5.68. The number of pyridine rings is 2. The minimum atomic E-state index is -4.42. The number of hydrogen-bond donors (Lipinski definition) is 1. The van der Waals surface area contributed by atoms with Gasteiger partial charge in [-0.25, -0.2) is 0 Å². The first-order valence-corrected chi connectivity index (χ1v) is 11.8. The molecule has 0 bridgehead atoms. The van der Waals surface area contributed by atoms with Crippen LogP contribution in [0.4, 0.5) is 13.2 Å². The van der Waals surface area contributed by atoms with E-state index in [0.717, 1.165) is 43.9 Å². The molecule has 1 aliphatic heterocycles. The van der Waals surface area contributed by atoms with Crippen LogP contribution in [0.2, 0.25) is 0 Å². The predicted molar refractivity (Wildman–Crippen MR) is 121 cm³/mol. The van der Waals surface area contributed by atoms with Crippen LogP contribution in [0.5, 0.6) is 5.75 Å². The molecule has 1 saturated carbocycles. The fourth-order valence-corrected chi connectivity index (χ4v) is 4.86. The second kappa shape index (κ2) is 10.3. The number of aryl methyl sites for hydroxylation is 1. The summed E-state index contributed by atoms with van der Waals surface area (Å²) in [5, 5.41) is 2.66. The summed E-state index contributed by atoms with van der Waals surface area (Å²) in [6, 6.07) is 4.76. The van der Waals surface area contributed by atoms with E-state index >= 15 is 0 Å². The molecule has 4 rings (SSSR count). The summed E-state index contributed by atoms with van der Waals surface area (Å²) >= 11 is 0. The van der Waals surface area contributed by atoms with E-state index in [1.807, 2.05) is 13.0 Å². The Labute approximate surface area is 197 Å². The van der Waals surface area contributed by atoms with E-state index in [2.05, 4.69) is 20.2 Å². The van der Waals surface area contributed by atoms with Crippen LogP contribution in [0.3, 0.4) is 0 Å². The molecule has 0 atom stereocenters. The van der Waals surface area contributed by atoms with Gasteiger partial charge in [0, 0.05) is 32.9 Å². The van der Waals surface area contributed by atoms with Crippen molar-refractivity contribution in [2.45, 2.75) is 64.3 Å². The Morgan fingerprint density at radius 1 is 1.18 bits per heavy atom. The SMILES string of the molecule is CNC(=O)C1CN(Cc2ccc(OCc3cc(C(F)(F)F)c(C4CCCCC4)cn3)c(C)n2)C1. The van der Waals surface area contributed by atoms with Gasteiger partial charge in [-0.15, -0.1) is 0 Å². The van der Waals surface area contributed by atoms with Crippen molar-refractivity contribution >= 4 is 5.91 Å². The Morgan fingerprint density at radius 3 is 2.56 bits per heavy atom. The maximum absolute atomic E-state index is 13.8. The molecule has 3 heterocycles. The summed E-state index contributed by atoms with van der Waals surface area (Å²) in [6.45, 7) is 3.78. The van der Waals surface area contributed by atoms with Gasteiger partial charge in [-0.3, -0.25) is 19.7 Å². The first kappa shape index (κ1) is 24.4. The second-order valence-electron chi connectivity index (χ2n) is 9.28. The van der Waals surface area contributed by atoms with Crippen molar-refractivity contribution in [2.75, 3.05) is 20.1 Å². The number of hydrogen-bond acceptors (Lipinski definition) is 5. The topological polar surface area (TPSA) is 67.4 Å². The van der Waals surface area contributed by atoms with Crippen LogP contribution in [0.25, 0.3) is 0 Å². The number of carbonyl (C=O) groups excluding carboxylic acids is 1. The third-order valence-corrected chi connectivity index (χ3v) is 6.77. The quantitative estimate of drug-likeness (QED) is 0.632. The number of halogens is 3. The standard InChI is InChI=1S/C25H31F3N4O2/c1-16-23(9-8-19(31-16)14-32-12-18(13-32)24(33)29-2)34-15-20-10-22(25(26,27)28)21(11-30-20)17-6-4-3-5-7-17/h8-11,17-18H,3-7,12-15H2,1-2H3,(H,29,33). The lowest BCUT2D eigenvalue weighted by Crippen LogP contribution is -2.52. The number of amides is 1. The van der Waals surface area contributed by atoms with E-state index in [1.165, 1.54) is 6.20 Å². The first-order chi connectivity index (χ1) is 16.2. The summed E-state index contributed by atoms with van der Waals surface area (Å²) in [6.07, 6.45) is 1.53. The predicted octanol–water partition coefficient (Wildman–Crippen LogP) is 4.61. The molecule has 0 radical (unpaired) electrons. The van der Waals surface area contributed by atoms with E-state index in [-0.39, 0.29) is 30.0 Å². The highest BCUT2D eigenvalue weighted by Gasteiger charge is 2.36. The van der Waals surface area contributed by atoms with Crippen LogP contribution < -0.4 is 10.1 Å². The lowest BCUT2D eigenvalue weighted by molar-refractivity contribution is -0.138. The molecule has 6 nitrogen and oxygen atoms in total. The Bertz CT molecular complexity index is 1020. The smallest absolute Gasteiger partial charge is 0.416 e. The van der Waals surface area contributed by atoms with Crippen molar-refractivity contribution in [1.29, 1.82) is 0 Å². The molecule has 0 unspecified atom stereocenters. The molecule has 2 aliphatic rings. The first-order valence-electron chi connectivity index (χ1n) is 11.8. The highest BCUT2D eigenvalue weighted by molar-refractivity contribution is 5.79. The zero-order chi connectivity index (χ0) is 24.3. The fraction of sp³-hybridized carbons (Fsp3) is 0.560. The van der Waals surface area contributed by atoms with Crippen LogP contribution in [-0.4, -0.2) is 40.9 Å². The van der Waals surface area contributed by atoms with Gasteiger partial charge in [0.2, 0.25) is 5.91 Å². The highest BCUT2D eigenvalue weighted by Crippen LogP contribution is 2.40. The zero-order valence-electron chi connectivity index (χ0n) is 19.6. The van der Waals surface area contributed by atoms with Crippen molar-refractivity contribution in [3.05, 3.63) is 52.6 Å². The van der Waals surface area contributed by atoms with Gasteiger partial charge in [-0.1, -0.05) is 19.3 Å². The summed E-state index contributed by atoms with van der Waals surface area (Å²) in [5.41, 5.74) is 1.48. The van der Waals surface area contributed by atoms with Gasteiger partial charge in [-0.2, -0.15) is 13.2 Å². The molecular weight excluding hydrogens is 445 g/mol. The van der Waals surface area contributed by atoms with Crippen LogP contribution in [-0.2, 0) is 24.1 Å². The van der Waals surface area contributed by atoms with Gasteiger partial charge < -0.3 is 10.1 Å². The normalized spacial score (nSPS) is 17.9. The molecular formula is C25H31F3N4O2. The van der Waals surface area contributed by atoms with Crippen molar-refractivity contribution in [2.24, 2.45) is 5.92 Å². The molecule has 1 saturated heterocycles. The number of alkyl halides is 3. The largest absolute Gasteiger partial charge is 0.485 e. The van der Waals surface area contributed by atoms with Crippen molar-refractivity contribution in [1.82, 2.24) is 20.2 Å². The van der Waals surface area contributed by atoms with Crippen LogP contribution in [0.15, 0.2) is 24.4 Å². The number of nitrogens with one attached hydrogen (secondary N) is 1. The Morgan fingerprint density at radius 2 is 1.91 bits per heavy atom. The average molecular weight is 477 g/mol. The van der Waals surface area contributed by atoms with Gasteiger partial charge in [-0.05, 0) is 49.4 Å². The molecule has 34 heavy (non-hydrogen) atoms. The van der Waals surface area contributed by atoms with E-state index in [9.17, 15) is 18.0 Å². The van der Waals surface area contributed by atoms with Gasteiger partial charge in [0.05, 0.1) is 28.6 Å². The Balaban J connectivity index is 1.38. The van der Waals surface area contributed by atoms with E-state index in [0.29, 0.717) is 36.6 Å².